The number of hydrogen-bond acceptors (Lipinski definition) is 3. The summed E-state index contributed by atoms with van der Waals surface area (Å²) in [5, 5.41) is 11.2. The van der Waals surface area contributed by atoms with Gasteiger partial charge in [0, 0.05) is 19.3 Å². The van der Waals surface area contributed by atoms with Gasteiger partial charge >= 0.3 is 29.6 Å². The number of halogens is 1. The number of carbonyl (C=O) groups excluding carboxylic acids is 1. The van der Waals surface area contributed by atoms with Crippen molar-refractivity contribution >= 4 is 63.7 Å². The average Bonchev–Trinajstić information content (AvgIpc) is 2.61. The van der Waals surface area contributed by atoms with E-state index in [1.165, 1.54) is 9.47 Å². The number of benzene rings is 2. The number of anilines is 1. The van der Waals surface area contributed by atoms with Crippen molar-refractivity contribution in [1.82, 2.24) is 4.57 Å². The molecule has 0 saturated carbocycles. The quantitative estimate of drug-likeness (QED) is 0.711. The number of aromatic nitrogens is 1. The van der Waals surface area contributed by atoms with E-state index < -0.39 is 11.5 Å². The molecule has 1 amide bonds. The number of nitrogens with zero attached hydrogens (tertiary/aromatic N) is 2. The van der Waals surface area contributed by atoms with Crippen LogP contribution in [0.25, 0.3) is 10.9 Å². The molecule has 0 aliphatic rings. The van der Waals surface area contributed by atoms with E-state index in [0.29, 0.717) is 23.1 Å². The van der Waals surface area contributed by atoms with Gasteiger partial charge in [0.2, 0.25) is 0 Å². The van der Waals surface area contributed by atoms with Crippen molar-refractivity contribution in [2.45, 2.75) is 6.92 Å². The first-order valence-corrected chi connectivity index (χ1v) is 8.22. The third-order valence-electron chi connectivity index (χ3n) is 4.19. The van der Waals surface area contributed by atoms with Crippen LogP contribution >= 0.6 is 11.6 Å². The molecule has 0 saturated heterocycles. The summed E-state index contributed by atoms with van der Waals surface area (Å²) in [5.74, 6) is -0.947. The number of hydrogen-bond donors (Lipinski definition) is 1. The molecule has 0 unspecified atom stereocenters. The number of pyridine rings is 1. The summed E-state index contributed by atoms with van der Waals surface area (Å²) in [5.41, 5.74) is 0.269. The number of fused-ring (bicyclic) bond motifs is 1. The topological polar surface area (TPSA) is 62.5 Å². The van der Waals surface area contributed by atoms with Gasteiger partial charge in [-0.3, -0.25) is 9.59 Å². The molecule has 2 aromatic carbocycles. The van der Waals surface area contributed by atoms with Crippen LogP contribution in [0.4, 0.5) is 5.69 Å². The SMILES string of the molecule is CCN(C(=O)c1c(O)c2c(Cl)cccc2n(C)c1=O)c1ccccc1.[NaH]. The molecule has 0 bridgehead atoms. The minimum absolute atomic E-state index is 0. The van der Waals surface area contributed by atoms with Gasteiger partial charge in [-0.1, -0.05) is 35.9 Å². The molecule has 7 heteroatoms. The Morgan fingerprint density at radius 2 is 1.81 bits per heavy atom. The first-order valence-electron chi connectivity index (χ1n) is 7.84. The number of amides is 1. The molecule has 0 radical (unpaired) electrons. The van der Waals surface area contributed by atoms with E-state index in [-0.39, 0.29) is 45.9 Å². The maximum atomic E-state index is 13.0. The van der Waals surface area contributed by atoms with E-state index in [0.717, 1.165) is 0 Å². The third kappa shape index (κ3) is 3.40. The predicted octanol–water partition coefficient (Wildman–Crippen LogP) is 2.92. The monoisotopic (exact) mass is 380 g/mol. The Labute approximate surface area is 178 Å². The van der Waals surface area contributed by atoms with Gasteiger partial charge in [-0.2, -0.15) is 0 Å². The molecule has 3 rings (SSSR count). The standard InChI is InChI=1S/C19H17ClN2O3.Na.H/c1-3-22(12-8-5-4-6-9-12)19(25)16-17(23)15-13(20)10-7-11-14(15)21(2)18(16)24;;/h4-11,23H,3H2,1-2H3;;. The zero-order chi connectivity index (χ0) is 18.1. The van der Waals surface area contributed by atoms with E-state index >= 15 is 0 Å². The maximum absolute atomic E-state index is 13.0. The van der Waals surface area contributed by atoms with Crippen molar-refractivity contribution in [3.8, 4) is 5.75 Å². The predicted molar refractivity (Wildman–Crippen MR) is 107 cm³/mol. The normalized spacial score (nSPS) is 10.4. The zero-order valence-electron chi connectivity index (χ0n) is 13.9. The molecule has 0 atom stereocenters. The van der Waals surface area contributed by atoms with Crippen LogP contribution in [0.5, 0.6) is 5.75 Å². The van der Waals surface area contributed by atoms with Gasteiger partial charge in [0.15, 0.2) is 0 Å². The fourth-order valence-corrected chi connectivity index (χ4v) is 3.17. The number of rotatable bonds is 3. The minimum atomic E-state index is -0.563. The second kappa shape index (κ2) is 8.27. The van der Waals surface area contributed by atoms with Crippen LogP contribution in [0.1, 0.15) is 17.3 Å². The van der Waals surface area contributed by atoms with Crippen LogP contribution in [0.15, 0.2) is 53.3 Å². The number of aromatic hydroxyl groups is 1. The number of aryl methyl sites for hydroxylation is 1. The van der Waals surface area contributed by atoms with Crippen molar-refractivity contribution < 1.29 is 9.90 Å². The number of para-hydroxylation sites is 1. The van der Waals surface area contributed by atoms with Gasteiger partial charge in [-0.15, -0.1) is 0 Å². The van der Waals surface area contributed by atoms with E-state index in [1.54, 1.807) is 56.4 Å². The zero-order valence-corrected chi connectivity index (χ0v) is 14.6. The molecule has 0 aliphatic carbocycles. The van der Waals surface area contributed by atoms with Crippen molar-refractivity contribution in [1.29, 1.82) is 0 Å². The fraction of sp³-hybridized carbons (Fsp3) is 0.158. The summed E-state index contributed by atoms with van der Waals surface area (Å²) in [4.78, 5) is 27.2. The fourth-order valence-electron chi connectivity index (χ4n) is 2.91. The summed E-state index contributed by atoms with van der Waals surface area (Å²) in [6.07, 6.45) is 0. The molecule has 1 aromatic heterocycles. The van der Waals surface area contributed by atoms with Crippen molar-refractivity contribution in [2.24, 2.45) is 7.05 Å². The van der Waals surface area contributed by atoms with Crippen LogP contribution in [-0.2, 0) is 7.05 Å². The summed E-state index contributed by atoms with van der Waals surface area (Å²) in [7, 11) is 1.55. The first-order chi connectivity index (χ1) is 12.0. The van der Waals surface area contributed by atoms with Crippen molar-refractivity contribution in [2.75, 3.05) is 11.4 Å². The van der Waals surface area contributed by atoms with Gasteiger partial charge in [-0.05, 0) is 31.2 Å². The van der Waals surface area contributed by atoms with Crippen molar-refractivity contribution in [3.63, 3.8) is 0 Å². The Bertz CT molecular complexity index is 1020. The van der Waals surface area contributed by atoms with Gasteiger partial charge in [0.1, 0.15) is 11.3 Å². The second-order valence-corrected chi connectivity index (χ2v) is 6.01. The van der Waals surface area contributed by atoms with E-state index in [2.05, 4.69) is 0 Å². The summed E-state index contributed by atoms with van der Waals surface area (Å²) < 4.78 is 1.33. The van der Waals surface area contributed by atoms with Gasteiger partial charge in [0.05, 0.1) is 15.9 Å². The Hall–Kier alpha value is -1.79. The molecule has 0 aliphatic heterocycles. The molecule has 5 nitrogen and oxygen atoms in total. The number of carbonyl (C=O) groups is 1. The molecular weight excluding hydrogens is 363 g/mol. The Balaban J connectivity index is 0.00000243. The van der Waals surface area contributed by atoms with Crippen LogP contribution < -0.4 is 10.5 Å². The Morgan fingerprint density at radius 1 is 1.15 bits per heavy atom. The molecule has 130 valence electrons. The second-order valence-electron chi connectivity index (χ2n) is 5.61. The van der Waals surface area contributed by atoms with Crippen LogP contribution in [0, 0.1) is 0 Å². The molecule has 0 fully saturated rings. The van der Waals surface area contributed by atoms with Crippen LogP contribution in [0.3, 0.4) is 0 Å². The van der Waals surface area contributed by atoms with E-state index in [4.69, 9.17) is 11.6 Å². The van der Waals surface area contributed by atoms with Gasteiger partial charge in [0.25, 0.3) is 11.5 Å². The van der Waals surface area contributed by atoms with E-state index in [1.807, 2.05) is 6.07 Å². The molecule has 0 spiro atoms. The summed E-state index contributed by atoms with van der Waals surface area (Å²) >= 11 is 6.19. The van der Waals surface area contributed by atoms with Crippen LogP contribution in [0.2, 0.25) is 5.02 Å². The summed E-state index contributed by atoms with van der Waals surface area (Å²) in [6, 6.07) is 14.0. The van der Waals surface area contributed by atoms with Gasteiger partial charge < -0.3 is 14.6 Å². The third-order valence-corrected chi connectivity index (χ3v) is 4.50. The first kappa shape index (κ1) is 20.5. The van der Waals surface area contributed by atoms with Crippen LogP contribution in [-0.4, -0.2) is 51.7 Å². The van der Waals surface area contributed by atoms with E-state index in [9.17, 15) is 14.7 Å². The molecule has 3 aromatic rings. The Kier molecular flexibility index (Phi) is 6.53. The molecular formula is C19H18ClN2NaO3. The molecule has 1 N–H and O–H groups in total. The molecule has 1 heterocycles. The molecule has 26 heavy (non-hydrogen) atoms. The summed E-state index contributed by atoms with van der Waals surface area (Å²) in [6.45, 7) is 2.16. The average molecular weight is 381 g/mol. The Morgan fingerprint density at radius 3 is 2.42 bits per heavy atom. The van der Waals surface area contributed by atoms with Crippen molar-refractivity contribution in [3.05, 3.63) is 69.5 Å². The van der Waals surface area contributed by atoms with Gasteiger partial charge in [-0.25, -0.2) is 0 Å².